The van der Waals surface area contributed by atoms with E-state index < -0.39 is 5.79 Å². The van der Waals surface area contributed by atoms with Crippen molar-refractivity contribution in [2.24, 2.45) is 0 Å². The maximum absolute atomic E-state index is 12.1. The number of piperazine rings is 1. The molecule has 0 spiro atoms. The molecule has 11 heteroatoms. The quantitative estimate of drug-likeness (QED) is 0.339. The highest BCUT2D eigenvalue weighted by Gasteiger charge is 2.41. The number of ether oxygens (including phenoxy) is 5. The average Bonchev–Trinajstić information content (AvgIpc) is 3.50. The SMILES string of the molecule is COCCOC(=O)N1CCN(c2ccc(COC3COC(Cn4ccnc4)(c4ccccc4Cl)OC3)cc2)CC1. The lowest BCUT2D eigenvalue weighted by molar-refractivity contribution is -0.313. The van der Waals surface area contributed by atoms with Crippen LogP contribution >= 0.6 is 11.6 Å². The first-order valence-corrected chi connectivity index (χ1v) is 13.8. The van der Waals surface area contributed by atoms with Crippen molar-refractivity contribution in [2.45, 2.75) is 25.0 Å². The van der Waals surface area contributed by atoms with Crippen LogP contribution in [0.1, 0.15) is 11.1 Å². The molecule has 214 valence electrons. The molecule has 0 atom stereocenters. The molecule has 1 amide bonds. The molecule has 2 aliphatic heterocycles. The molecule has 2 aromatic carbocycles. The maximum Gasteiger partial charge on any atom is 0.409 e. The number of nitrogens with zero attached hydrogens (tertiary/aromatic N) is 4. The Morgan fingerprint density at radius 3 is 2.48 bits per heavy atom. The van der Waals surface area contributed by atoms with Crippen LogP contribution in [-0.4, -0.2) is 86.4 Å². The van der Waals surface area contributed by atoms with E-state index in [1.165, 1.54) is 0 Å². The molecule has 2 aliphatic rings. The Balaban J connectivity index is 1.11. The van der Waals surface area contributed by atoms with Crippen LogP contribution in [0.2, 0.25) is 5.02 Å². The predicted octanol–water partition coefficient (Wildman–Crippen LogP) is 3.93. The lowest BCUT2D eigenvalue weighted by Crippen LogP contribution is -2.49. The van der Waals surface area contributed by atoms with Crippen molar-refractivity contribution in [3.05, 3.63) is 83.4 Å². The Hall–Kier alpha value is -3.15. The standard InChI is InChI=1S/C29H35ClN4O6/c1-36-16-17-37-28(35)34-14-12-33(13-15-34)24-8-6-23(7-9-24)18-38-25-19-39-29(40-20-25,21-32-11-10-31-22-32)26-4-2-3-5-27(26)30/h2-11,22,25H,12-21H2,1H3. The molecule has 5 rings (SSSR count). The summed E-state index contributed by atoms with van der Waals surface area (Å²) in [7, 11) is 1.58. The Kier molecular flexibility index (Phi) is 9.56. The summed E-state index contributed by atoms with van der Waals surface area (Å²) in [5.41, 5.74) is 2.96. The molecule has 40 heavy (non-hydrogen) atoms. The summed E-state index contributed by atoms with van der Waals surface area (Å²) in [6, 6.07) is 15.9. The van der Waals surface area contributed by atoms with Gasteiger partial charge in [0.15, 0.2) is 0 Å². The van der Waals surface area contributed by atoms with Crippen molar-refractivity contribution in [3.63, 3.8) is 0 Å². The smallest absolute Gasteiger partial charge is 0.409 e. The minimum atomic E-state index is -1.02. The number of methoxy groups -OCH3 is 1. The largest absolute Gasteiger partial charge is 0.447 e. The van der Waals surface area contributed by atoms with E-state index in [1.807, 2.05) is 35.0 Å². The van der Waals surface area contributed by atoms with Gasteiger partial charge in [0.1, 0.15) is 12.7 Å². The van der Waals surface area contributed by atoms with Crippen LogP contribution in [0.15, 0.2) is 67.3 Å². The second kappa shape index (κ2) is 13.5. The number of hydrogen-bond donors (Lipinski definition) is 0. The number of hydrogen-bond acceptors (Lipinski definition) is 8. The Labute approximate surface area is 239 Å². The van der Waals surface area contributed by atoms with Gasteiger partial charge in [0, 0.05) is 62.0 Å². The highest BCUT2D eigenvalue weighted by Crippen LogP contribution is 2.37. The van der Waals surface area contributed by atoms with Crippen LogP contribution in [0.25, 0.3) is 0 Å². The highest BCUT2D eigenvalue weighted by atomic mass is 35.5. The lowest BCUT2D eigenvalue weighted by atomic mass is 10.0. The molecular weight excluding hydrogens is 536 g/mol. The Morgan fingerprint density at radius 2 is 1.80 bits per heavy atom. The maximum atomic E-state index is 12.1. The van der Waals surface area contributed by atoms with Crippen molar-refractivity contribution in [1.82, 2.24) is 14.5 Å². The average molecular weight is 571 g/mol. The lowest BCUT2D eigenvalue weighted by Gasteiger charge is -2.40. The van der Waals surface area contributed by atoms with Gasteiger partial charge in [-0.2, -0.15) is 0 Å². The third kappa shape index (κ3) is 6.94. The molecule has 0 bridgehead atoms. The summed E-state index contributed by atoms with van der Waals surface area (Å²) in [5.74, 6) is -1.02. The zero-order chi connectivity index (χ0) is 27.8. The van der Waals surface area contributed by atoms with E-state index in [4.69, 9.17) is 35.3 Å². The topological polar surface area (TPSA) is 87.5 Å². The van der Waals surface area contributed by atoms with Gasteiger partial charge in [-0.25, -0.2) is 9.78 Å². The monoisotopic (exact) mass is 570 g/mol. The zero-order valence-electron chi connectivity index (χ0n) is 22.6. The number of imidazole rings is 1. The summed E-state index contributed by atoms with van der Waals surface area (Å²) in [6.45, 7) is 5.02. The summed E-state index contributed by atoms with van der Waals surface area (Å²) >= 11 is 6.53. The first-order valence-electron chi connectivity index (χ1n) is 13.4. The number of amides is 1. The van der Waals surface area contributed by atoms with Gasteiger partial charge in [0.2, 0.25) is 5.79 Å². The first-order chi connectivity index (χ1) is 19.6. The summed E-state index contributed by atoms with van der Waals surface area (Å²) in [4.78, 5) is 20.3. The van der Waals surface area contributed by atoms with Gasteiger partial charge >= 0.3 is 6.09 Å². The molecule has 2 saturated heterocycles. The molecule has 0 aliphatic carbocycles. The van der Waals surface area contributed by atoms with Crippen LogP contribution in [0, 0.1) is 0 Å². The fraction of sp³-hybridized carbons (Fsp3) is 0.448. The summed E-state index contributed by atoms with van der Waals surface area (Å²) in [5, 5.41) is 0.588. The fourth-order valence-electron chi connectivity index (χ4n) is 4.83. The van der Waals surface area contributed by atoms with E-state index in [-0.39, 0.29) is 18.8 Å². The van der Waals surface area contributed by atoms with Crippen molar-refractivity contribution >= 4 is 23.4 Å². The summed E-state index contributed by atoms with van der Waals surface area (Å²) < 4.78 is 30.9. The van der Waals surface area contributed by atoms with Gasteiger partial charge in [-0.05, 0) is 23.8 Å². The second-order valence-corrected chi connectivity index (χ2v) is 10.2. The molecule has 2 fully saturated rings. The molecule has 1 aromatic heterocycles. The van der Waals surface area contributed by atoms with Crippen molar-refractivity contribution < 1.29 is 28.5 Å². The first kappa shape index (κ1) is 28.4. The molecule has 0 N–H and O–H groups in total. The van der Waals surface area contributed by atoms with E-state index in [1.54, 1.807) is 24.5 Å². The van der Waals surface area contributed by atoms with Gasteiger partial charge in [-0.15, -0.1) is 0 Å². The van der Waals surface area contributed by atoms with Gasteiger partial charge in [-0.3, -0.25) is 0 Å². The van der Waals surface area contributed by atoms with Crippen LogP contribution in [-0.2, 0) is 42.6 Å². The minimum absolute atomic E-state index is 0.213. The number of benzene rings is 2. The van der Waals surface area contributed by atoms with Crippen molar-refractivity contribution in [2.75, 3.05) is 64.6 Å². The van der Waals surface area contributed by atoms with E-state index in [0.717, 1.165) is 29.9 Å². The van der Waals surface area contributed by atoms with Gasteiger partial charge in [0.05, 0.1) is 39.3 Å². The fourth-order valence-corrected chi connectivity index (χ4v) is 5.11. The predicted molar refractivity (Wildman–Crippen MR) is 149 cm³/mol. The Bertz CT molecular complexity index is 1210. The number of carbonyl (C=O) groups is 1. The number of anilines is 1. The second-order valence-electron chi connectivity index (χ2n) is 9.77. The molecule has 3 heterocycles. The van der Waals surface area contributed by atoms with Crippen molar-refractivity contribution in [1.29, 1.82) is 0 Å². The Morgan fingerprint density at radius 1 is 1.05 bits per heavy atom. The summed E-state index contributed by atoms with van der Waals surface area (Å²) in [6.07, 6.45) is 4.83. The molecule has 10 nitrogen and oxygen atoms in total. The van der Waals surface area contributed by atoms with Crippen LogP contribution < -0.4 is 4.90 Å². The molecule has 0 saturated carbocycles. The number of rotatable bonds is 10. The van der Waals surface area contributed by atoms with E-state index in [0.29, 0.717) is 51.1 Å². The van der Waals surface area contributed by atoms with Crippen LogP contribution in [0.5, 0.6) is 0 Å². The van der Waals surface area contributed by atoms with Gasteiger partial charge in [-0.1, -0.05) is 41.9 Å². The third-order valence-electron chi connectivity index (χ3n) is 7.08. The third-order valence-corrected chi connectivity index (χ3v) is 7.41. The van der Waals surface area contributed by atoms with Gasteiger partial charge < -0.3 is 38.1 Å². The van der Waals surface area contributed by atoms with Crippen LogP contribution in [0.3, 0.4) is 0 Å². The van der Waals surface area contributed by atoms with E-state index >= 15 is 0 Å². The van der Waals surface area contributed by atoms with Crippen LogP contribution in [0.4, 0.5) is 10.5 Å². The van der Waals surface area contributed by atoms with E-state index in [9.17, 15) is 4.79 Å². The number of carbonyl (C=O) groups excluding carboxylic acids is 1. The highest BCUT2D eigenvalue weighted by molar-refractivity contribution is 6.31. The zero-order valence-corrected chi connectivity index (χ0v) is 23.4. The minimum Gasteiger partial charge on any atom is -0.447 e. The van der Waals surface area contributed by atoms with Crippen molar-refractivity contribution in [3.8, 4) is 0 Å². The molecule has 0 unspecified atom stereocenters. The van der Waals surface area contributed by atoms with E-state index in [2.05, 4.69) is 34.1 Å². The number of halogens is 1. The molecular formula is C29H35ClN4O6. The number of aromatic nitrogens is 2. The van der Waals surface area contributed by atoms with Gasteiger partial charge in [0.25, 0.3) is 0 Å². The molecule has 0 radical (unpaired) electrons. The normalized spacial score (nSPS) is 21.4. The molecule has 3 aromatic rings.